The molecule has 0 aromatic carbocycles. The number of carbonyl (C=O) groups excluding carboxylic acids is 3. The Hall–Kier alpha value is -3.41. The molecule has 0 rings (SSSR count). The fourth-order valence-electron chi connectivity index (χ4n) is 8.22. The first-order valence-corrected chi connectivity index (χ1v) is 29.6. The van der Waals surface area contributed by atoms with Gasteiger partial charge in [0.1, 0.15) is 13.2 Å². The van der Waals surface area contributed by atoms with Crippen LogP contribution in [-0.2, 0) is 28.6 Å². The van der Waals surface area contributed by atoms with E-state index in [4.69, 9.17) is 14.2 Å². The van der Waals surface area contributed by atoms with Crippen LogP contribution >= 0.6 is 0 Å². The normalized spacial score (nSPS) is 12.7. The fraction of sp³-hybridized carbons (Fsp3) is 0.734. The standard InChI is InChI=1S/C64H110O6/c1-4-7-10-13-16-19-22-24-26-28-29-30-31-32-33-34-35-37-38-40-42-45-48-51-54-57-63(66)69-60-61(59-68-62(65)56-53-50-47-44-21-18-15-12-9-6-3)70-64(67)58-55-52-49-46-43-41-39-36-27-25-23-20-17-14-11-8-5-2/h8,11,17,20,22,24-25,27-29,39,41,46,49,61H,4-7,9-10,12-16,18-19,21,23,26,30-38,40,42-45,47-48,50-60H2,1-3H3/b11-8-,20-17-,24-22-,27-25-,29-28-,41-39-,49-46-. The Morgan fingerprint density at radius 1 is 0.300 bits per heavy atom. The monoisotopic (exact) mass is 975 g/mol. The quantitative estimate of drug-likeness (QED) is 0.0261. The van der Waals surface area contributed by atoms with E-state index >= 15 is 0 Å². The van der Waals surface area contributed by atoms with Crippen LogP contribution in [0.5, 0.6) is 0 Å². The number of hydrogen-bond acceptors (Lipinski definition) is 6. The third kappa shape index (κ3) is 55.5. The lowest BCUT2D eigenvalue weighted by molar-refractivity contribution is -0.167. The van der Waals surface area contributed by atoms with Crippen LogP contribution in [0.3, 0.4) is 0 Å². The lowest BCUT2D eigenvalue weighted by Crippen LogP contribution is -2.30. The molecule has 0 aliphatic carbocycles. The zero-order chi connectivity index (χ0) is 50.7. The van der Waals surface area contributed by atoms with Gasteiger partial charge in [-0.3, -0.25) is 14.4 Å². The first-order chi connectivity index (χ1) is 34.5. The molecular weight excluding hydrogens is 865 g/mol. The van der Waals surface area contributed by atoms with E-state index in [0.717, 1.165) is 83.5 Å². The Kier molecular flexibility index (Phi) is 55.3. The molecule has 0 fully saturated rings. The molecule has 0 aliphatic rings. The summed E-state index contributed by atoms with van der Waals surface area (Å²) >= 11 is 0. The van der Waals surface area contributed by atoms with Gasteiger partial charge in [0, 0.05) is 19.3 Å². The Balaban J connectivity index is 4.30. The third-order valence-corrected chi connectivity index (χ3v) is 12.6. The van der Waals surface area contributed by atoms with E-state index in [1.165, 1.54) is 154 Å². The SMILES string of the molecule is CC/C=C\C/C=C\C/C=C\C/C=C\C/C=C\CCCC(=O)OC(COC(=O)CCCCCCCCCCCC)COC(=O)CCCCCCCCCCCCCCC/C=C\C/C=C\CCCCCCC. The summed E-state index contributed by atoms with van der Waals surface area (Å²) in [6, 6.07) is 0. The molecule has 0 amide bonds. The topological polar surface area (TPSA) is 78.9 Å². The molecule has 6 nitrogen and oxygen atoms in total. The van der Waals surface area contributed by atoms with Crippen LogP contribution in [0.15, 0.2) is 85.1 Å². The van der Waals surface area contributed by atoms with E-state index < -0.39 is 6.10 Å². The minimum absolute atomic E-state index is 0.0972. The summed E-state index contributed by atoms with van der Waals surface area (Å²) in [5.41, 5.74) is 0. The molecule has 1 atom stereocenters. The first kappa shape index (κ1) is 66.6. The van der Waals surface area contributed by atoms with Crippen LogP contribution < -0.4 is 0 Å². The lowest BCUT2D eigenvalue weighted by atomic mass is 10.0. The van der Waals surface area contributed by atoms with Gasteiger partial charge in [0.05, 0.1) is 0 Å². The Labute approximate surface area is 433 Å². The maximum atomic E-state index is 12.8. The average Bonchev–Trinajstić information content (AvgIpc) is 3.36. The van der Waals surface area contributed by atoms with Crippen molar-refractivity contribution in [2.45, 2.75) is 290 Å². The second kappa shape index (κ2) is 58.2. The molecule has 6 heteroatoms. The van der Waals surface area contributed by atoms with Crippen molar-refractivity contribution in [3.63, 3.8) is 0 Å². The number of ether oxygens (including phenoxy) is 3. The molecule has 0 saturated heterocycles. The zero-order valence-corrected chi connectivity index (χ0v) is 46.0. The van der Waals surface area contributed by atoms with E-state index in [-0.39, 0.29) is 37.5 Å². The predicted molar refractivity (Wildman–Crippen MR) is 302 cm³/mol. The van der Waals surface area contributed by atoms with Crippen molar-refractivity contribution >= 4 is 17.9 Å². The molecule has 1 unspecified atom stereocenters. The molecular formula is C64H110O6. The summed E-state index contributed by atoms with van der Waals surface area (Å²) in [5, 5.41) is 0. The van der Waals surface area contributed by atoms with Gasteiger partial charge < -0.3 is 14.2 Å². The highest BCUT2D eigenvalue weighted by Crippen LogP contribution is 2.16. The van der Waals surface area contributed by atoms with Crippen molar-refractivity contribution in [1.82, 2.24) is 0 Å². The zero-order valence-electron chi connectivity index (χ0n) is 46.0. The molecule has 0 aromatic heterocycles. The summed E-state index contributed by atoms with van der Waals surface area (Å²) in [6.07, 6.45) is 76.0. The van der Waals surface area contributed by atoms with Gasteiger partial charge in [-0.05, 0) is 89.9 Å². The predicted octanol–water partition coefficient (Wildman–Crippen LogP) is 19.9. The highest BCUT2D eigenvalue weighted by atomic mass is 16.6. The largest absolute Gasteiger partial charge is 0.462 e. The van der Waals surface area contributed by atoms with Crippen LogP contribution in [0.25, 0.3) is 0 Å². The molecule has 402 valence electrons. The average molecular weight is 976 g/mol. The first-order valence-electron chi connectivity index (χ1n) is 29.6. The maximum Gasteiger partial charge on any atom is 0.306 e. The molecule has 0 aromatic rings. The van der Waals surface area contributed by atoms with Crippen LogP contribution in [-0.4, -0.2) is 37.2 Å². The Morgan fingerprint density at radius 3 is 0.914 bits per heavy atom. The van der Waals surface area contributed by atoms with Crippen molar-refractivity contribution in [2.24, 2.45) is 0 Å². The van der Waals surface area contributed by atoms with Crippen molar-refractivity contribution in [2.75, 3.05) is 13.2 Å². The van der Waals surface area contributed by atoms with Gasteiger partial charge >= 0.3 is 17.9 Å². The summed E-state index contributed by atoms with van der Waals surface area (Å²) in [5.74, 6) is -0.952. The van der Waals surface area contributed by atoms with Gasteiger partial charge in [-0.2, -0.15) is 0 Å². The summed E-state index contributed by atoms with van der Waals surface area (Å²) < 4.78 is 16.8. The highest BCUT2D eigenvalue weighted by Gasteiger charge is 2.19. The number of hydrogen-bond donors (Lipinski definition) is 0. The molecule has 0 radical (unpaired) electrons. The summed E-state index contributed by atoms with van der Waals surface area (Å²) in [6.45, 7) is 6.47. The fourth-order valence-corrected chi connectivity index (χ4v) is 8.22. The number of rotatable bonds is 53. The summed E-state index contributed by atoms with van der Waals surface area (Å²) in [7, 11) is 0. The van der Waals surface area contributed by atoms with Gasteiger partial charge in [-0.15, -0.1) is 0 Å². The number of esters is 3. The van der Waals surface area contributed by atoms with E-state index in [9.17, 15) is 14.4 Å². The van der Waals surface area contributed by atoms with Crippen molar-refractivity contribution < 1.29 is 28.6 Å². The van der Waals surface area contributed by atoms with E-state index in [1.54, 1.807) is 0 Å². The van der Waals surface area contributed by atoms with Crippen LogP contribution in [0, 0.1) is 0 Å². The molecule has 0 spiro atoms. The van der Waals surface area contributed by atoms with E-state index in [0.29, 0.717) is 19.3 Å². The van der Waals surface area contributed by atoms with Crippen LogP contribution in [0.4, 0.5) is 0 Å². The van der Waals surface area contributed by atoms with Crippen molar-refractivity contribution in [3.05, 3.63) is 85.1 Å². The highest BCUT2D eigenvalue weighted by molar-refractivity contribution is 5.71. The molecule has 0 aliphatic heterocycles. The maximum absolute atomic E-state index is 12.8. The van der Waals surface area contributed by atoms with Gasteiger partial charge in [0.15, 0.2) is 6.10 Å². The Bertz CT molecular complexity index is 1350. The number of unbranched alkanes of at least 4 members (excludes halogenated alkanes) is 28. The van der Waals surface area contributed by atoms with Crippen LogP contribution in [0.1, 0.15) is 284 Å². The van der Waals surface area contributed by atoms with Gasteiger partial charge in [-0.25, -0.2) is 0 Å². The molecule has 70 heavy (non-hydrogen) atoms. The minimum atomic E-state index is -0.804. The van der Waals surface area contributed by atoms with Crippen molar-refractivity contribution in [3.8, 4) is 0 Å². The van der Waals surface area contributed by atoms with Gasteiger partial charge in [0.2, 0.25) is 0 Å². The second-order valence-corrected chi connectivity index (χ2v) is 19.5. The van der Waals surface area contributed by atoms with Crippen LogP contribution in [0.2, 0.25) is 0 Å². The molecule has 0 heterocycles. The number of carbonyl (C=O) groups is 3. The van der Waals surface area contributed by atoms with Gasteiger partial charge in [-0.1, -0.05) is 260 Å². The molecule has 0 saturated carbocycles. The Morgan fingerprint density at radius 2 is 0.571 bits per heavy atom. The smallest absolute Gasteiger partial charge is 0.306 e. The minimum Gasteiger partial charge on any atom is -0.462 e. The third-order valence-electron chi connectivity index (χ3n) is 12.6. The second-order valence-electron chi connectivity index (χ2n) is 19.5. The van der Waals surface area contributed by atoms with E-state index in [2.05, 4.69) is 106 Å². The molecule has 0 N–H and O–H groups in total. The number of allylic oxidation sites excluding steroid dienone is 14. The van der Waals surface area contributed by atoms with Crippen molar-refractivity contribution in [1.29, 1.82) is 0 Å². The molecule has 0 bridgehead atoms. The lowest BCUT2D eigenvalue weighted by Gasteiger charge is -2.18. The van der Waals surface area contributed by atoms with Gasteiger partial charge in [0.25, 0.3) is 0 Å². The van der Waals surface area contributed by atoms with E-state index in [1.807, 2.05) is 0 Å². The summed E-state index contributed by atoms with van der Waals surface area (Å²) in [4.78, 5) is 38.1.